The van der Waals surface area contributed by atoms with Crippen LogP contribution in [0.3, 0.4) is 0 Å². The summed E-state index contributed by atoms with van der Waals surface area (Å²) in [5.41, 5.74) is 4.81. The van der Waals surface area contributed by atoms with Crippen LogP contribution in [0.2, 0.25) is 0 Å². The van der Waals surface area contributed by atoms with E-state index in [1.165, 1.54) is 10.9 Å². The number of aromatic hydroxyl groups is 1. The summed E-state index contributed by atoms with van der Waals surface area (Å²) >= 11 is 4.06. The van der Waals surface area contributed by atoms with Gasteiger partial charge in [0.05, 0.1) is 17.1 Å². The van der Waals surface area contributed by atoms with Crippen molar-refractivity contribution in [3.63, 3.8) is 0 Å². The number of aromatic nitrogens is 6. The summed E-state index contributed by atoms with van der Waals surface area (Å²) in [4.78, 5) is 17.3. The Labute approximate surface area is 131 Å². The lowest BCUT2D eigenvalue weighted by atomic mass is 10.00. The lowest BCUT2D eigenvalue weighted by Crippen LogP contribution is -2.10. The first-order valence-electron chi connectivity index (χ1n) is 7.14. The van der Waals surface area contributed by atoms with Crippen molar-refractivity contribution in [3.8, 4) is 17.4 Å². The first kappa shape index (κ1) is 13.4. The lowest BCUT2D eigenvalue weighted by molar-refractivity contribution is 0.404. The van der Waals surface area contributed by atoms with E-state index in [2.05, 4.69) is 32.7 Å². The van der Waals surface area contributed by atoms with E-state index in [1.807, 2.05) is 6.92 Å². The van der Waals surface area contributed by atoms with Crippen LogP contribution in [0.15, 0.2) is 11.2 Å². The predicted molar refractivity (Wildman–Crippen MR) is 82.1 cm³/mol. The molecule has 0 aromatic carbocycles. The van der Waals surface area contributed by atoms with Crippen LogP contribution in [0.1, 0.15) is 29.9 Å². The Kier molecular flexibility index (Phi) is 3.00. The van der Waals surface area contributed by atoms with E-state index in [0.717, 1.165) is 42.0 Å². The molecule has 0 amide bonds. The minimum Gasteiger partial charge on any atom is -0.479 e. The molecule has 0 saturated heterocycles. The zero-order valence-electron chi connectivity index (χ0n) is 12.0. The molecule has 0 aliphatic heterocycles. The van der Waals surface area contributed by atoms with E-state index < -0.39 is 0 Å². The van der Waals surface area contributed by atoms with Crippen LogP contribution in [-0.2, 0) is 12.8 Å². The SMILES string of the molecule is Cc1nc2c(nc1-c1cc3nc(S)nc(O)n3n1)CCCC2. The van der Waals surface area contributed by atoms with Crippen molar-refractivity contribution in [2.45, 2.75) is 37.8 Å². The Morgan fingerprint density at radius 1 is 1.09 bits per heavy atom. The second-order valence-corrected chi connectivity index (χ2v) is 5.78. The molecule has 3 aromatic heterocycles. The molecule has 22 heavy (non-hydrogen) atoms. The number of nitrogens with zero attached hydrogens (tertiary/aromatic N) is 6. The number of aryl methyl sites for hydroxylation is 3. The highest BCUT2D eigenvalue weighted by atomic mass is 32.1. The molecular formula is C14H14N6OS. The smallest absolute Gasteiger partial charge is 0.319 e. The first-order chi connectivity index (χ1) is 10.6. The van der Waals surface area contributed by atoms with Gasteiger partial charge in [0.15, 0.2) is 10.8 Å². The molecule has 1 aliphatic rings. The Bertz CT molecular complexity index is 891. The molecule has 8 heteroatoms. The normalized spacial score (nSPS) is 14.3. The maximum Gasteiger partial charge on any atom is 0.319 e. The van der Waals surface area contributed by atoms with Gasteiger partial charge in [0.2, 0.25) is 0 Å². The topological polar surface area (TPSA) is 89.1 Å². The zero-order chi connectivity index (χ0) is 15.3. The fraction of sp³-hybridized carbons (Fsp3) is 0.357. The Hall–Kier alpha value is -2.22. The summed E-state index contributed by atoms with van der Waals surface area (Å²) < 4.78 is 1.27. The highest BCUT2D eigenvalue weighted by Crippen LogP contribution is 2.26. The molecule has 7 nitrogen and oxygen atoms in total. The van der Waals surface area contributed by atoms with Crippen molar-refractivity contribution >= 4 is 18.3 Å². The molecule has 1 N–H and O–H groups in total. The fourth-order valence-electron chi connectivity index (χ4n) is 2.81. The third-order valence-electron chi connectivity index (χ3n) is 3.84. The Morgan fingerprint density at radius 2 is 1.82 bits per heavy atom. The maximum absolute atomic E-state index is 9.84. The van der Waals surface area contributed by atoms with E-state index in [9.17, 15) is 5.11 Å². The molecule has 0 radical (unpaired) electrons. The molecule has 0 unspecified atom stereocenters. The molecule has 0 spiro atoms. The number of thiol groups is 1. The van der Waals surface area contributed by atoms with Gasteiger partial charge in [-0.3, -0.25) is 4.98 Å². The first-order valence-corrected chi connectivity index (χ1v) is 7.59. The summed E-state index contributed by atoms with van der Waals surface area (Å²) in [6.45, 7) is 1.93. The average Bonchev–Trinajstić information content (AvgIpc) is 2.90. The van der Waals surface area contributed by atoms with Gasteiger partial charge in [0.1, 0.15) is 11.4 Å². The van der Waals surface area contributed by atoms with Crippen molar-refractivity contribution in [1.82, 2.24) is 29.5 Å². The maximum atomic E-state index is 9.84. The highest BCUT2D eigenvalue weighted by Gasteiger charge is 2.18. The van der Waals surface area contributed by atoms with Gasteiger partial charge in [-0.15, -0.1) is 12.6 Å². The number of rotatable bonds is 1. The second kappa shape index (κ2) is 4.91. The monoisotopic (exact) mass is 314 g/mol. The van der Waals surface area contributed by atoms with Crippen LogP contribution in [-0.4, -0.2) is 34.7 Å². The summed E-state index contributed by atoms with van der Waals surface area (Å²) in [5.74, 6) is 0. The van der Waals surface area contributed by atoms with Crippen molar-refractivity contribution in [3.05, 3.63) is 23.1 Å². The lowest BCUT2D eigenvalue weighted by Gasteiger charge is -2.15. The number of hydrogen-bond donors (Lipinski definition) is 2. The van der Waals surface area contributed by atoms with Gasteiger partial charge >= 0.3 is 6.01 Å². The molecule has 0 saturated carbocycles. The molecule has 112 valence electrons. The zero-order valence-corrected chi connectivity index (χ0v) is 12.9. The van der Waals surface area contributed by atoms with Gasteiger partial charge in [-0.2, -0.15) is 14.6 Å². The molecule has 1 aliphatic carbocycles. The van der Waals surface area contributed by atoms with Crippen LogP contribution in [0.5, 0.6) is 6.01 Å². The van der Waals surface area contributed by atoms with Gasteiger partial charge in [0.25, 0.3) is 0 Å². The Balaban J connectivity index is 1.90. The van der Waals surface area contributed by atoms with Crippen LogP contribution >= 0.6 is 12.6 Å². The fourth-order valence-corrected chi connectivity index (χ4v) is 3.00. The molecule has 0 atom stereocenters. The van der Waals surface area contributed by atoms with Gasteiger partial charge < -0.3 is 5.11 Å². The third-order valence-corrected chi connectivity index (χ3v) is 4.04. The number of fused-ring (bicyclic) bond motifs is 2. The van der Waals surface area contributed by atoms with Gasteiger partial charge in [0, 0.05) is 6.07 Å². The molecule has 0 fully saturated rings. The average molecular weight is 314 g/mol. The van der Waals surface area contributed by atoms with E-state index in [4.69, 9.17) is 4.98 Å². The number of hydrogen-bond acceptors (Lipinski definition) is 7. The molecule has 4 rings (SSSR count). The Morgan fingerprint density at radius 3 is 2.59 bits per heavy atom. The van der Waals surface area contributed by atoms with E-state index in [-0.39, 0.29) is 11.2 Å². The minimum absolute atomic E-state index is 0.199. The van der Waals surface area contributed by atoms with Gasteiger partial charge in [-0.1, -0.05) is 0 Å². The van der Waals surface area contributed by atoms with E-state index in [0.29, 0.717) is 11.3 Å². The quantitative estimate of drug-likeness (QED) is 0.665. The standard InChI is InChI=1S/C14H14N6OS/c1-7-12(16-9-5-3-2-4-8(9)15-7)10-6-11-17-13(22)18-14(21)20(11)19-10/h6H,2-5H2,1H3,(H2,17,18,21,22). The van der Waals surface area contributed by atoms with Gasteiger partial charge in [-0.25, -0.2) is 9.97 Å². The predicted octanol–water partition coefficient (Wildman–Crippen LogP) is 1.76. The molecular weight excluding hydrogens is 300 g/mol. The van der Waals surface area contributed by atoms with Crippen LogP contribution in [0.25, 0.3) is 17.0 Å². The summed E-state index contributed by atoms with van der Waals surface area (Å²) in [6.07, 6.45) is 4.26. The van der Waals surface area contributed by atoms with Crippen LogP contribution in [0, 0.1) is 6.92 Å². The molecule has 3 heterocycles. The summed E-state index contributed by atoms with van der Waals surface area (Å²) in [6, 6.07) is 1.51. The largest absolute Gasteiger partial charge is 0.479 e. The third kappa shape index (κ3) is 2.10. The summed E-state index contributed by atoms with van der Waals surface area (Å²) in [7, 11) is 0. The van der Waals surface area contributed by atoms with E-state index in [1.54, 1.807) is 6.07 Å². The van der Waals surface area contributed by atoms with Crippen molar-refractivity contribution in [2.75, 3.05) is 0 Å². The minimum atomic E-state index is -0.246. The van der Waals surface area contributed by atoms with Crippen molar-refractivity contribution < 1.29 is 5.11 Å². The van der Waals surface area contributed by atoms with Crippen molar-refractivity contribution in [2.24, 2.45) is 0 Å². The van der Waals surface area contributed by atoms with E-state index >= 15 is 0 Å². The van der Waals surface area contributed by atoms with Gasteiger partial charge in [-0.05, 0) is 32.6 Å². The molecule has 0 bridgehead atoms. The second-order valence-electron chi connectivity index (χ2n) is 5.38. The van der Waals surface area contributed by atoms with Crippen LogP contribution in [0.4, 0.5) is 0 Å². The molecule has 3 aromatic rings. The van der Waals surface area contributed by atoms with Crippen molar-refractivity contribution in [1.29, 1.82) is 0 Å². The van der Waals surface area contributed by atoms with Crippen LogP contribution < -0.4 is 0 Å². The summed E-state index contributed by atoms with van der Waals surface area (Å²) in [5, 5.41) is 14.4. The highest BCUT2D eigenvalue weighted by molar-refractivity contribution is 7.80.